The maximum Gasteiger partial charge on any atom is 0.314 e. The molecule has 1 atom stereocenters. The van der Waals surface area contributed by atoms with Gasteiger partial charge in [-0.25, -0.2) is 4.79 Å². The smallest absolute Gasteiger partial charge is 0.314 e. The molecule has 0 aromatic heterocycles. The van der Waals surface area contributed by atoms with Crippen LogP contribution in [0.15, 0.2) is 35.9 Å². The highest BCUT2D eigenvalue weighted by Gasteiger charge is 2.20. The van der Waals surface area contributed by atoms with Crippen LogP contribution in [0.25, 0.3) is 0 Å². The van der Waals surface area contributed by atoms with Gasteiger partial charge < -0.3 is 20.1 Å². The van der Waals surface area contributed by atoms with Gasteiger partial charge in [0, 0.05) is 6.54 Å². The van der Waals surface area contributed by atoms with Crippen molar-refractivity contribution in [2.75, 3.05) is 19.7 Å². The standard InChI is InChI=1S/C18H24N2O3/c21-18(19-11-10-14-6-2-1-3-7-14)20-12-15-13-22-16-8-4-5-9-17(16)23-15/h4-6,8-9,15H,1-3,7,10-13H2,(H2,19,20,21). The van der Waals surface area contributed by atoms with Gasteiger partial charge in [-0.3, -0.25) is 0 Å². The first-order chi connectivity index (χ1) is 11.3. The summed E-state index contributed by atoms with van der Waals surface area (Å²) in [5.74, 6) is 1.49. The summed E-state index contributed by atoms with van der Waals surface area (Å²) in [4.78, 5) is 11.8. The lowest BCUT2D eigenvalue weighted by molar-refractivity contribution is 0.0918. The number of hydrogen-bond acceptors (Lipinski definition) is 3. The van der Waals surface area contributed by atoms with Gasteiger partial charge >= 0.3 is 6.03 Å². The molecule has 1 aromatic rings. The van der Waals surface area contributed by atoms with Crippen LogP contribution in [-0.4, -0.2) is 31.8 Å². The molecule has 2 N–H and O–H groups in total. The molecule has 5 nitrogen and oxygen atoms in total. The molecule has 0 radical (unpaired) electrons. The number of nitrogens with one attached hydrogen (secondary N) is 2. The quantitative estimate of drug-likeness (QED) is 0.821. The van der Waals surface area contributed by atoms with Crippen molar-refractivity contribution in [2.45, 2.75) is 38.2 Å². The highest BCUT2D eigenvalue weighted by molar-refractivity contribution is 5.73. The Morgan fingerprint density at radius 3 is 2.87 bits per heavy atom. The second kappa shape index (κ2) is 7.90. The third-order valence-electron chi connectivity index (χ3n) is 4.17. The van der Waals surface area contributed by atoms with E-state index in [2.05, 4.69) is 16.7 Å². The minimum absolute atomic E-state index is 0.149. The normalized spacial score (nSPS) is 19.7. The zero-order chi connectivity index (χ0) is 15.9. The van der Waals surface area contributed by atoms with Crippen LogP contribution < -0.4 is 20.1 Å². The highest BCUT2D eigenvalue weighted by Crippen LogP contribution is 2.30. The largest absolute Gasteiger partial charge is 0.486 e. The number of urea groups is 1. The molecule has 0 fully saturated rings. The van der Waals surface area contributed by atoms with E-state index in [-0.39, 0.29) is 12.1 Å². The van der Waals surface area contributed by atoms with E-state index < -0.39 is 0 Å². The van der Waals surface area contributed by atoms with Crippen molar-refractivity contribution in [3.8, 4) is 11.5 Å². The summed E-state index contributed by atoms with van der Waals surface area (Å²) in [5.41, 5.74) is 1.47. The van der Waals surface area contributed by atoms with Crippen LogP contribution in [0.4, 0.5) is 4.79 Å². The third kappa shape index (κ3) is 4.65. The molecule has 2 aliphatic rings. The molecule has 0 saturated heterocycles. The summed E-state index contributed by atoms with van der Waals surface area (Å²) >= 11 is 0. The van der Waals surface area contributed by atoms with E-state index in [1.54, 1.807) is 0 Å². The summed E-state index contributed by atoms with van der Waals surface area (Å²) in [6.45, 7) is 1.57. The maximum absolute atomic E-state index is 11.8. The van der Waals surface area contributed by atoms with Crippen LogP contribution in [-0.2, 0) is 0 Å². The Hall–Kier alpha value is -2.17. The van der Waals surface area contributed by atoms with E-state index in [0.717, 1.165) is 17.9 Å². The fraction of sp³-hybridized carbons (Fsp3) is 0.500. The Labute approximate surface area is 137 Å². The van der Waals surface area contributed by atoms with Crippen molar-refractivity contribution < 1.29 is 14.3 Å². The summed E-state index contributed by atoms with van der Waals surface area (Å²) < 4.78 is 11.4. The molecule has 2 amide bonds. The lowest BCUT2D eigenvalue weighted by atomic mass is 9.97. The van der Waals surface area contributed by atoms with Gasteiger partial charge in [0.2, 0.25) is 0 Å². The van der Waals surface area contributed by atoms with Crippen LogP contribution in [0.5, 0.6) is 11.5 Å². The average Bonchev–Trinajstić information content (AvgIpc) is 2.61. The number of fused-ring (bicyclic) bond motifs is 1. The molecule has 1 aliphatic heterocycles. The zero-order valence-electron chi connectivity index (χ0n) is 13.3. The third-order valence-corrected chi connectivity index (χ3v) is 4.17. The first kappa shape index (κ1) is 15.7. The van der Waals surface area contributed by atoms with Crippen molar-refractivity contribution in [3.05, 3.63) is 35.9 Å². The fourth-order valence-corrected chi connectivity index (χ4v) is 2.90. The predicted octanol–water partition coefficient (Wildman–Crippen LogP) is 3.02. The van der Waals surface area contributed by atoms with E-state index in [1.807, 2.05) is 24.3 Å². The van der Waals surface area contributed by atoms with Crippen LogP contribution in [0.1, 0.15) is 32.1 Å². The number of benzene rings is 1. The van der Waals surface area contributed by atoms with Crippen LogP contribution in [0.3, 0.4) is 0 Å². The lowest BCUT2D eigenvalue weighted by Gasteiger charge is -2.26. The molecule has 3 rings (SSSR count). The Kier molecular flexibility index (Phi) is 5.40. The molecule has 0 spiro atoms. The Bertz CT molecular complexity index is 571. The number of rotatable bonds is 5. The second-order valence-corrected chi connectivity index (χ2v) is 5.99. The predicted molar refractivity (Wildman–Crippen MR) is 88.9 cm³/mol. The molecule has 1 aromatic carbocycles. The van der Waals surface area contributed by atoms with Crippen molar-refractivity contribution >= 4 is 6.03 Å². The topological polar surface area (TPSA) is 59.6 Å². The summed E-state index contributed by atoms with van der Waals surface area (Å²) in [6.07, 6.45) is 8.04. The molecular weight excluding hydrogens is 292 g/mol. The number of carbonyl (C=O) groups is 1. The molecular formula is C18H24N2O3. The van der Waals surface area contributed by atoms with Crippen molar-refractivity contribution in [3.63, 3.8) is 0 Å². The molecule has 1 aliphatic carbocycles. The Morgan fingerprint density at radius 2 is 2.04 bits per heavy atom. The van der Waals surface area contributed by atoms with Crippen molar-refractivity contribution in [1.82, 2.24) is 10.6 Å². The number of amides is 2. The molecule has 1 heterocycles. The first-order valence-electron chi connectivity index (χ1n) is 8.39. The number of hydrogen-bond donors (Lipinski definition) is 2. The van der Waals surface area contributed by atoms with Gasteiger partial charge in [0.1, 0.15) is 6.61 Å². The van der Waals surface area contributed by atoms with Gasteiger partial charge in [-0.05, 0) is 44.2 Å². The minimum Gasteiger partial charge on any atom is -0.486 e. The molecule has 1 unspecified atom stereocenters. The monoisotopic (exact) mass is 316 g/mol. The van der Waals surface area contributed by atoms with Gasteiger partial charge in [0.15, 0.2) is 17.6 Å². The van der Waals surface area contributed by atoms with E-state index in [1.165, 1.54) is 31.3 Å². The highest BCUT2D eigenvalue weighted by atomic mass is 16.6. The van der Waals surface area contributed by atoms with Gasteiger partial charge in [0.05, 0.1) is 6.54 Å². The van der Waals surface area contributed by atoms with E-state index >= 15 is 0 Å². The van der Waals surface area contributed by atoms with Gasteiger partial charge in [0.25, 0.3) is 0 Å². The molecule has 23 heavy (non-hydrogen) atoms. The van der Waals surface area contributed by atoms with Crippen LogP contribution in [0, 0.1) is 0 Å². The SMILES string of the molecule is O=C(NCCC1=CCCCC1)NCC1COc2ccccc2O1. The maximum atomic E-state index is 11.8. The zero-order valence-corrected chi connectivity index (χ0v) is 13.3. The Balaban J connectivity index is 1.34. The van der Waals surface area contributed by atoms with Gasteiger partial charge in [-0.15, -0.1) is 0 Å². The number of ether oxygens (including phenoxy) is 2. The molecule has 0 saturated carbocycles. The molecule has 124 valence electrons. The lowest BCUT2D eigenvalue weighted by Crippen LogP contribution is -2.44. The summed E-state index contributed by atoms with van der Waals surface area (Å²) in [7, 11) is 0. The number of carbonyl (C=O) groups excluding carboxylic acids is 1. The van der Waals surface area contributed by atoms with Crippen molar-refractivity contribution in [1.29, 1.82) is 0 Å². The number of allylic oxidation sites excluding steroid dienone is 1. The van der Waals surface area contributed by atoms with E-state index in [0.29, 0.717) is 19.7 Å². The van der Waals surface area contributed by atoms with Gasteiger partial charge in [-0.1, -0.05) is 23.8 Å². The van der Waals surface area contributed by atoms with Gasteiger partial charge in [-0.2, -0.15) is 0 Å². The van der Waals surface area contributed by atoms with E-state index in [4.69, 9.17) is 9.47 Å². The van der Waals surface area contributed by atoms with E-state index in [9.17, 15) is 4.79 Å². The molecule has 5 heteroatoms. The minimum atomic E-state index is -0.156. The molecule has 0 bridgehead atoms. The summed E-state index contributed by atoms with van der Waals surface area (Å²) in [5, 5.41) is 5.75. The van der Waals surface area contributed by atoms with Crippen molar-refractivity contribution in [2.24, 2.45) is 0 Å². The Morgan fingerprint density at radius 1 is 1.17 bits per heavy atom. The van der Waals surface area contributed by atoms with Crippen LogP contribution in [0.2, 0.25) is 0 Å². The second-order valence-electron chi connectivity index (χ2n) is 5.99. The average molecular weight is 316 g/mol. The summed E-state index contributed by atoms with van der Waals surface area (Å²) in [6, 6.07) is 7.43. The number of para-hydroxylation sites is 2. The fourth-order valence-electron chi connectivity index (χ4n) is 2.90. The first-order valence-corrected chi connectivity index (χ1v) is 8.39. The van der Waals surface area contributed by atoms with Crippen LogP contribution >= 0.6 is 0 Å².